The van der Waals surface area contributed by atoms with Crippen LogP contribution < -0.4 is 5.73 Å². The van der Waals surface area contributed by atoms with Crippen LogP contribution in [0.4, 0.5) is 0 Å². The molecule has 2 aromatic heterocycles. The van der Waals surface area contributed by atoms with Crippen LogP contribution in [0.2, 0.25) is 0 Å². The highest BCUT2D eigenvalue weighted by atomic mass is 15.3. The molecule has 0 aliphatic heterocycles. The van der Waals surface area contributed by atoms with E-state index >= 15 is 0 Å². The lowest BCUT2D eigenvalue weighted by molar-refractivity contribution is 0.814. The van der Waals surface area contributed by atoms with Crippen LogP contribution in [0.3, 0.4) is 0 Å². The van der Waals surface area contributed by atoms with Gasteiger partial charge in [-0.25, -0.2) is 14.6 Å². The number of nitrogens with zero attached hydrogens (tertiary/aromatic N) is 4. The Morgan fingerprint density at radius 1 is 1.33 bits per heavy atom. The highest BCUT2D eigenvalue weighted by Gasteiger charge is 1.98. The van der Waals surface area contributed by atoms with Gasteiger partial charge in [0.2, 0.25) is 0 Å². The number of hydrogen-bond acceptors (Lipinski definition) is 4. The molecule has 2 N–H and O–H groups in total. The molecular formula is C10H13N5. The molecule has 2 aromatic rings. The molecule has 0 unspecified atom stereocenters. The van der Waals surface area contributed by atoms with Crippen LogP contribution in [0.1, 0.15) is 12.0 Å². The Hall–Kier alpha value is -1.75. The van der Waals surface area contributed by atoms with Gasteiger partial charge in [-0.15, -0.1) is 0 Å². The lowest BCUT2D eigenvalue weighted by Crippen LogP contribution is -2.02. The fourth-order valence-corrected chi connectivity index (χ4v) is 1.33. The first-order valence-electron chi connectivity index (χ1n) is 4.90. The third-order valence-electron chi connectivity index (χ3n) is 2.13. The Bertz CT molecular complexity index is 392. The minimum atomic E-state index is 0.713. The van der Waals surface area contributed by atoms with Gasteiger partial charge >= 0.3 is 0 Å². The topological polar surface area (TPSA) is 69.6 Å². The summed E-state index contributed by atoms with van der Waals surface area (Å²) < 4.78 is 1.63. The SMILES string of the molecule is NCCCc1ccc(-n2cncn2)nc1. The van der Waals surface area contributed by atoms with Gasteiger partial charge < -0.3 is 5.73 Å². The third-order valence-corrected chi connectivity index (χ3v) is 2.13. The van der Waals surface area contributed by atoms with E-state index < -0.39 is 0 Å². The summed E-state index contributed by atoms with van der Waals surface area (Å²) in [5.74, 6) is 0.781. The van der Waals surface area contributed by atoms with Crippen LogP contribution in [0.15, 0.2) is 31.0 Å². The van der Waals surface area contributed by atoms with E-state index in [4.69, 9.17) is 5.73 Å². The quantitative estimate of drug-likeness (QED) is 0.788. The van der Waals surface area contributed by atoms with Crippen molar-refractivity contribution in [3.8, 4) is 5.82 Å². The molecule has 0 atom stereocenters. The van der Waals surface area contributed by atoms with Gasteiger partial charge in [0.15, 0.2) is 5.82 Å². The van der Waals surface area contributed by atoms with Crippen molar-refractivity contribution in [1.82, 2.24) is 19.7 Å². The molecule has 0 amide bonds. The predicted molar refractivity (Wildman–Crippen MR) is 56.5 cm³/mol. The monoisotopic (exact) mass is 203 g/mol. The molecule has 15 heavy (non-hydrogen) atoms. The minimum absolute atomic E-state index is 0.713. The van der Waals surface area contributed by atoms with Gasteiger partial charge in [0.25, 0.3) is 0 Å². The van der Waals surface area contributed by atoms with Crippen molar-refractivity contribution < 1.29 is 0 Å². The van der Waals surface area contributed by atoms with Gasteiger partial charge in [-0.3, -0.25) is 0 Å². The fraction of sp³-hybridized carbons (Fsp3) is 0.300. The molecule has 0 fully saturated rings. The summed E-state index contributed by atoms with van der Waals surface area (Å²) in [5.41, 5.74) is 6.64. The molecule has 2 heterocycles. The molecule has 0 radical (unpaired) electrons. The summed E-state index contributed by atoms with van der Waals surface area (Å²) >= 11 is 0. The number of rotatable bonds is 4. The highest BCUT2D eigenvalue weighted by molar-refractivity contribution is 5.23. The molecule has 0 saturated heterocycles. The van der Waals surface area contributed by atoms with Gasteiger partial charge in [0.05, 0.1) is 0 Å². The van der Waals surface area contributed by atoms with Crippen LogP contribution in [0.5, 0.6) is 0 Å². The first-order valence-corrected chi connectivity index (χ1v) is 4.90. The molecule has 0 saturated carbocycles. The van der Waals surface area contributed by atoms with Crippen molar-refractivity contribution in [1.29, 1.82) is 0 Å². The van der Waals surface area contributed by atoms with E-state index in [2.05, 4.69) is 15.1 Å². The summed E-state index contributed by atoms with van der Waals surface area (Å²) in [4.78, 5) is 8.16. The molecule has 0 aliphatic rings. The van der Waals surface area contributed by atoms with Gasteiger partial charge in [0.1, 0.15) is 12.7 Å². The van der Waals surface area contributed by atoms with Crippen molar-refractivity contribution in [2.75, 3.05) is 6.54 Å². The standard InChI is InChI=1S/C10H13N5/c11-5-1-2-9-3-4-10(13-6-9)15-8-12-7-14-15/h3-4,6-8H,1-2,5,11H2. The Morgan fingerprint density at radius 2 is 2.27 bits per heavy atom. The molecular weight excluding hydrogens is 190 g/mol. The molecule has 0 bridgehead atoms. The van der Waals surface area contributed by atoms with Gasteiger partial charge in [-0.2, -0.15) is 5.10 Å². The Balaban J connectivity index is 2.11. The molecule has 5 heteroatoms. The van der Waals surface area contributed by atoms with Crippen LogP contribution in [-0.2, 0) is 6.42 Å². The number of nitrogens with two attached hydrogens (primary N) is 1. The number of hydrogen-bond donors (Lipinski definition) is 1. The van der Waals surface area contributed by atoms with Crippen molar-refractivity contribution in [2.45, 2.75) is 12.8 Å². The second-order valence-corrected chi connectivity index (χ2v) is 3.26. The van der Waals surface area contributed by atoms with E-state index in [-0.39, 0.29) is 0 Å². The Labute approximate surface area is 88.0 Å². The normalized spacial score (nSPS) is 10.5. The van der Waals surface area contributed by atoms with E-state index in [1.807, 2.05) is 18.3 Å². The van der Waals surface area contributed by atoms with E-state index in [0.29, 0.717) is 6.54 Å². The predicted octanol–water partition coefficient (Wildman–Crippen LogP) is 0.554. The molecule has 0 spiro atoms. The maximum Gasteiger partial charge on any atom is 0.155 e. The summed E-state index contributed by atoms with van der Waals surface area (Å²) in [6.07, 6.45) is 6.93. The molecule has 5 nitrogen and oxygen atoms in total. The average molecular weight is 203 g/mol. The Kier molecular flexibility index (Phi) is 3.04. The Morgan fingerprint density at radius 3 is 2.87 bits per heavy atom. The van der Waals surface area contributed by atoms with Crippen molar-refractivity contribution >= 4 is 0 Å². The lowest BCUT2D eigenvalue weighted by atomic mass is 10.1. The van der Waals surface area contributed by atoms with E-state index in [0.717, 1.165) is 18.7 Å². The van der Waals surface area contributed by atoms with Crippen molar-refractivity contribution in [3.05, 3.63) is 36.5 Å². The number of aromatic nitrogens is 4. The van der Waals surface area contributed by atoms with Crippen molar-refractivity contribution in [2.24, 2.45) is 5.73 Å². The maximum absolute atomic E-state index is 5.44. The zero-order valence-electron chi connectivity index (χ0n) is 8.37. The minimum Gasteiger partial charge on any atom is -0.330 e. The first kappa shape index (κ1) is 9.79. The van der Waals surface area contributed by atoms with Gasteiger partial charge in [0, 0.05) is 6.20 Å². The fourth-order valence-electron chi connectivity index (χ4n) is 1.33. The molecule has 0 aromatic carbocycles. The first-order chi connectivity index (χ1) is 7.40. The third kappa shape index (κ3) is 2.38. The average Bonchev–Trinajstić information content (AvgIpc) is 2.80. The van der Waals surface area contributed by atoms with Crippen LogP contribution >= 0.6 is 0 Å². The highest BCUT2D eigenvalue weighted by Crippen LogP contribution is 2.05. The van der Waals surface area contributed by atoms with E-state index in [1.165, 1.54) is 11.9 Å². The smallest absolute Gasteiger partial charge is 0.155 e. The van der Waals surface area contributed by atoms with Gasteiger partial charge in [-0.1, -0.05) is 6.07 Å². The lowest BCUT2D eigenvalue weighted by Gasteiger charge is -2.01. The number of pyridine rings is 1. The maximum atomic E-state index is 5.44. The van der Waals surface area contributed by atoms with Crippen molar-refractivity contribution in [3.63, 3.8) is 0 Å². The van der Waals surface area contributed by atoms with Crippen LogP contribution in [0, 0.1) is 0 Å². The second-order valence-electron chi connectivity index (χ2n) is 3.26. The zero-order valence-corrected chi connectivity index (χ0v) is 8.37. The summed E-state index contributed by atoms with van der Waals surface area (Å²) in [5, 5.41) is 4.00. The molecule has 0 aliphatic carbocycles. The van der Waals surface area contributed by atoms with Gasteiger partial charge in [-0.05, 0) is 31.0 Å². The summed E-state index contributed by atoms with van der Waals surface area (Å²) in [6.45, 7) is 0.713. The molecule has 2 rings (SSSR count). The molecule has 78 valence electrons. The van der Waals surface area contributed by atoms with Crippen LogP contribution in [-0.4, -0.2) is 26.3 Å². The zero-order chi connectivity index (χ0) is 10.5. The number of aryl methyl sites for hydroxylation is 1. The summed E-state index contributed by atoms with van der Waals surface area (Å²) in [6, 6.07) is 3.97. The largest absolute Gasteiger partial charge is 0.330 e. The van der Waals surface area contributed by atoms with E-state index in [1.54, 1.807) is 11.0 Å². The summed E-state index contributed by atoms with van der Waals surface area (Å²) in [7, 11) is 0. The van der Waals surface area contributed by atoms with E-state index in [9.17, 15) is 0 Å². The second kappa shape index (κ2) is 4.65. The van der Waals surface area contributed by atoms with Crippen LogP contribution in [0.25, 0.3) is 5.82 Å².